The van der Waals surface area contributed by atoms with Crippen molar-refractivity contribution in [2.75, 3.05) is 18.0 Å². The smallest absolute Gasteiger partial charge is 0.213 e. The van der Waals surface area contributed by atoms with Crippen LogP contribution in [-0.4, -0.2) is 29.3 Å². The summed E-state index contributed by atoms with van der Waals surface area (Å²) >= 11 is 12.0. The van der Waals surface area contributed by atoms with E-state index in [0.717, 1.165) is 30.8 Å². The van der Waals surface area contributed by atoms with Gasteiger partial charge in [0.05, 0.1) is 23.2 Å². The zero-order chi connectivity index (χ0) is 20.2. The first-order chi connectivity index (χ1) is 14.1. The summed E-state index contributed by atoms with van der Waals surface area (Å²) in [5, 5.41) is 10.8. The maximum absolute atomic E-state index is 9.89. The molecule has 1 atom stereocenters. The molecule has 1 aliphatic rings. The van der Waals surface area contributed by atoms with Crippen LogP contribution in [0.25, 0.3) is 0 Å². The van der Waals surface area contributed by atoms with Crippen molar-refractivity contribution in [3.63, 3.8) is 0 Å². The third-order valence-corrected chi connectivity index (χ3v) is 5.50. The second kappa shape index (κ2) is 8.91. The fraction of sp³-hybridized carbons (Fsp3) is 0.227. The standard InChI is InChI=1S/C22H20Cl2N2O3/c23-19-6-4-17(12-20(19)24)28-16-5-7-21(15(11-16)14-27)26-10-8-18(13-26)29-22-3-1-2-9-25-22/h1-7,9,11-12,18,27H,8,10,13-14H2/t18-/m0/s1. The van der Waals surface area contributed by atoms with Crippen molar-refractivity contribution in [2.24, 2.45) is 0 Å². The molecule has 4 rings (SSSR count). The first-order valence-electron chi connectivity index (χ1n) is 9.31. The second-order valence-corrected chi connectivity index (χ2v) is 7.58. The lowest BCUT2D eigenvalue weighted by atomic mass is 10.1. The third-order valence-electron chi connectivity index (χ3n) is 4.76. The predicted molar refractivity (Wildman–Crippen MR) is 114 cm³/mol. The number of aromatic nitrogens is 1. The molecule has 150 valence electrons. The normalized spacial score (nSPS) is 16.1. The number of rotatable bonds is 6. The lowest BCUT2D eigenvalue weighted by Gasteiger charge is -2.22. The van der Waals surface area contributed by atoms with Crippen molar-refractivity contribution in [1.29, 1.82) is 0 Å². The van der Waals surface area contributed by atoms with E-state index in [4.69, 9.17) is 32.7 Å². The van der Waals surface area contributed by atoms with Crippen LogP contribution in [0, 0.1) is 0 Å². The monoisotopic (exact) mass is 430 g/mol. The molecule has 1 aliphatic heterocycles. The van der Waals surface area contributed by atoms with Gasteiger partial charge in [-0.25, -0.2) is 4.98 Å². The van der Waals surface area contributed by atoms with E-state index in [-0.39, 0.29) is 12.7 Å². The van der Waals surface area contributed by atoms with Gasteiger partial charge in [0.1, 0.15) is 17.6 Å². The van der Waals surface area contributed by atoms with Gasteiger partial charge in [-0.15, -0.1) is 0 Å². The summed E-state index contributed by atoms with van der Waals surface area (Å²) < 4.78 is 11.8. The van der Waals surface area contributed by atoms with Crippen LogP contribution in [0.3, 0.4) is 0 Å². The lowest BCUT2D eigenvalue weighted by Crippen LogP contribution is -2.25. The Balaban J connectivity index is 1.46. The van der Waals surface area contributed by atoms with E-state index in [2.05, 4.69) is 9.88 Å². The number of hydrogen-bond acceptors (Lipinski definition) is 5. The van der Waals surface area contributed by atoms with Crippen molar-refractivity contribution in [1.82, 2.24) is 4.98 Å². The van der Waals surface area contributed by atoms with Crippen LogP contribution in [0.1, 0.15) is 12.0 Å². The number of anilines is 1. The van der Waals surface area contributed by atoms with Gasteiger partial charge in [0.25, 0.3) is 0 Å². The van der Waals surface area contributed by atoms with Crippen molar-refractivity contribution in [3.8, 4) is 17.4 Å². The SMILES string of the molecule is OCc1cc(Oc2ccc(Cl)c(Cl)c2)ccc1N1CC[C@H](Oc2ccccn2)C1. The van der Waals surface area contributed by atoms with Gasteiger partial charge < -0.3 is 19.5 Å². The van der Waals surface area contributed by atoms with Gasteiger partial charge in [-0.3, -0.25) is 0 Å². The van der Waals surface area contributed by atoms with Gasteiger partial charge in [0.15, 0.2) is 0 Å². The second-order valence-electron chi connectivity index (χ2n) is 6.77. The van der Waals surface area contributed by atoms with Gasteiger partial charge in [-0.2, -0.15) is 0 Å². The van der Waals surface area contributed by atoms with E-state index in [0.29, 0.717) is 27.4 Å². The summed E-state index contributed by atoms with van der Waals surface area (Å²) in [5.41, 5.74) is 1.77. The molecule has 0 aliphatic carbocycles. The zero-order valence-corrected chi connectivity index (χ0v) is 17.1. The number of ether oxygens (including phenoxy) is 2. The molecule has 5 nitrogen and oxygen atoms in total. The van der Waals surface area contributed by atoms with E-state index >= 15 is 0 Å². The highest BCUT2D eigenvalue weighted by atomic mass is 35.5. The summed E-state index contributed by atoms with van der Waals surface area (Å²) in [7, 11) is 0. The number of hydrogen-bond donors (Lipinski definition) is 1. The molecule has 1 fully saturated rings. The topological polar surface area (TPSA) is 54.8 Å². The summed E-state index contributed by atoms with van der Waals surface area (Å²) in [6.07, 6.45) is 2.67. The molecule has 3 aromatic rings. The molecule has 1 N–H and O–H groups in total. The highest BCUT2D eigenvalue weighted by Crippen LogP contribution is 2.33. The molecule has 1 aromatic heterocycles. The highest BCUT2D eigenvalue weighted by molar-refractivity contribution is 6.42. The Bertz CT molecular complexity index is 985. The molecule has 0 amide bonds. The maximum Gasteiger partial charge on any atom is 0.213 e. The third kappa shape index (κ3) is 4.75. The highest BCUT2D eigenvalue weighted by Gasteiger charge is 2.26. The molecule has 2 heterocycles. The maximum atomic E-state index is 9.89. The van der Waals surface area contributed by atoms with Crippen molar-refractivity contribution >= 4 is 28.9 Å². The molecule has 0 radical (unpaired) electrons. The Morgan fingerprint density at radius 1 is 1.03 bits per heavy atom. The molecule has 7 heteroatoms. The van der Waals surface area contributed by atoms with Crippen molar-refractivity contribution in [2.45, 2.75) is 19.1 Å². The first kappa shape index (κ1) is 19.8. The molecule has 1 saturated heterocycles. The Morgan fingerprint density at radius 3 is 2.62 bits per heavy atom. The first-order valence-corrected chi connectivity index (χ1v) is 10.1. The molecule has 0 saturated carbocycles. The Labute approximate surface area is 179 Å². The minimum absolute atomic E-state index is 0.0589. The number of aliphatic hydroxyl groups excluding tert-OH is 1. The van der Waals surface area contributed by atoms with E-state index in [1.54, 1.807) is 24.4 Å². The summed E-state index contributed by atoms with van der Waals surface area (Å²) in [5.74, 6) is 1.84. The molecular weight excluding hydrogens is 411 g/mol. The quantitative estimate of drug-likeness (QED) is 0.572. The molecule has 0 spiro atoms. The summed E-state index contributed by atoms with van der Waals surface area (Å²) in [4.78, 5) is 6.43. The number of halogens is 2. The van der Waals surface area contributed by atoms with E-state index in [9.17, 15) is 5.11 Å². The van der Waals surface area contributed by atoms with E-state index in [1.807, 2.05) is 36.4 Å². The van der Waals surface area contributed by atoms with Crippen molar-refractivity contribution < 1.29 is 14.6 Å². The average molecular weight is 431 g/mol. The average Bonchev–Trinajstić information content (AvgIpc) is 3.19. The number of pyridine rings is 1. The van der Waals surface area contributed by atoms with Crippen molar-refractivity contribution in [3.05, 3.63) is 76.4 Å². The minimum Gasteiger partial charge on any atom is -0.472 e. The predicted octanol–water partition coefficient (Wildman–Crippen LogP) is 5.33. The largest absolute Gasteiger partial charge is 0.472 e. The van der Waals surface area contributed by atoms with Crippen LogP contribution in [0.15, 0.2) is 60.8 Å². The number of aliphatic hydroxyl groups is 1. The molecular formula is C22H20Cl2N2O3. The Morgan fingerprint density at radius 2 is 1.86 bits per heavy atom. The van der Waals surface area contributed by atoms with Gasteiger partial charge in [0, 0.05) is 42.5 Å². The van der Waals surface area contributed by atoms with Crippen LogP contribution in [-0.2, 0) is 6.61 Å². The van der Waals surface area contributed by atoms with Gasteiger partial charge in [-0.1, -0.05) is 29.3 Å². The minimum atomic E-state index is -0.0871. The Hall–Kier alpha value is -2.47. The fourth-order valence-electron chi connectivity index (χ4n) is 3.37. The molecule has 2 aromatic carbocycles. The number of benzene rings is 2. The van der Waals surface area contributed by atoms with Gasteiger partial charge in [-0.05, 0) is 36.4 Å². The van der Waals surface area contributed by atoms with Gasteiger partial charge in [0.2, 0.25) is 5.88 Å². The summed E-state index contributed by atoms with van der Waals surface area (Å²) in [6.45, 7) is 1.49. The Kier molecular flexibility index (Phi) is 6.09. The van der Waals surface area contributed by atoms with Crippen LogP contribution < -0.4 is 14.4 Å². The van der Waals surface area contributed by atoms with Crippen LogP contribution in [0.2, 0.25) is 10.0 Å². The molecule has 29 heavy (non-hydrogen) atoms. The van der Waals surface area contributed by atoms with Crippen LogP contribution >= 0.6 is 23.2 Å². The molecule has 0 bridgehead atoms. The lowest BCUT2D eigenvalue weighted by molar-refractivity contribution is 0.216. The van der Waals surface area contributed by atoms with Crippen LogP contribution in [0.4, 0.5) is 5.69 Å². The number of nitrogens with zero attached hydrogens (tertiary/aromatic N) is 2. The molecule has 0 unspecified atom stereocenters. The van der Waals surface area contributed by atoms with E-state index < -0.39 is 0 Å². The van der Waals surface area contributed by atoms with E-state index in [1.165, 1.54) is 0 Å². The fourth-order valence-corrected chi connectivity index (χ4v) is 3.66. The zero-order valence-electron chi connectivity index (χ0n) is 15.6. The summed E-state index contributed by atoms with van der Waals surface area (Å²) in [6, 6.07) is 16.4. The van der Waals surface area contributed by atoms with Gasteiger partial charge >= 0.3 is 0 Å². The van der Waals surface area contributed by atoms with Crippen LogP contribution in [0.5, 0.6) is 17.4 Å².